The molecular weight excluding hydrogens is 294 g/mol. The maximum atomic E-state index is 12.2. The van der Waals surface area contributed by atoms with Crippen molar-refractivity contribution in [2.45, 2.75) is 6.92 Å². The van der Waals surface area contributed by atoms with E-state index in [4.69, 9.17) is 4.74 Å². The normalized spacial score (nSPS) is 14.7. The Morgan fingerprint density at radius 3 is 2.65 bits per heavy atom. The van der Waals surface area contributed by atoms with Crippen molar-refractivity contribution in [3.05, 3.63) is 42.4 Å². The molecule has 0 N–H and O–H groups in total. The third-order valence-electron chi connectivity index (χ3n) is 3.70. The molecule has 7 nitrogen and oxygen atoms in total. The van der Waals surface area contributed by atoms with Gasteiger partial charge in [-0.15, -0.1) is 0 Å². The largest absolute Gasteiger partial charge is 0.453 e. The molecule has 120 valence electrons. The van der Waals surface area contributed by atoms with E-state index in [2.05, 4.69) is 19.9 Å². The summed E-state index contributed by atoms with van der Waals surface area (Å²) in [6.45, 7) is 4.68. The van der Waals surface area contributed by atoms with Crippen molar-refractivity contribution < 1.29 is 9.53 Å². The Kier molecular flexibility index (Phi) is 4.65. The van der Waals surface area contributed by atoms with Crippen LogP contribution >= 0.6 is 0 Å². The van der Waals surface area contributed by atoms with Gasteiger partial charge in [0.25, 0.3) is 5.91 Å². The molecule has 0 saturated carbocycles. The minimum Gasteiger partial charge on any atom is -0.453 e. The second-order valence-corrected chi connectivity index (χ2v) is 5.33. The first-order chi connectivity index (χ1) is 11.2. The number of hydrogen-bond acceptors (Lipinski definition) is 6. The van der Waals surface area contributed by atoms with E-state index < -0.39 is 0 Å². The fourth-order valence-corrected chi connectivity index (χ4v) is 2.44. The molecule has 0 radical (unpaired) electrons. The summed E-state index contributed by atoms with van der Waals surface area (Å²) in [7, 11) is 0. The molecule has 1 fully saturated rings. The number of aryl methyl sites for hydroxylation is 1. The lowest BCUT2D eigenvalue weighted by molar-refractivity contribution is -0.133. The lowest BCUT2D eigenvalue weighted by atomic mass is 10.3. The van der Waals surface area contributed by atoms with E-state index in [1.54, 1.807) is 23.4 Å². The molecule has 1 aliphatic heterocycles. The highest BCUT2D eigenvalue weighted by molar-refractivity contribution is 5.78. The SMILES string of the molecule is Cc1ccnc(OCC(=O)N2CCN(c3ccccn3)CC2)n1. The molecule has 1 aliphatic rings. The summed E-state index contributed by atoms with van der Waals surface area (Å²) in [6, 6.07) is 7.87. The number of anilines is 1. The fraction of sp³-hybridized carbons (Fsp3) is 0.375. The van der Waals surface area contributed by atoms with Crippen molar-refractivity contribution >= 4 is 11.7 Å². The zero-order valence-corrected chi connectivity index (χ0v) is 13.1. The summed E-state index contributed by atoms with van der Waals surface area (Å²) in [6.07, 6.45) is 3.40. The first-order valence-corrected chi connectivity index (χ1v) is 7.58. The van der Waals surface area contributed by atoms with Gasteiger partial charge < -0.3 is 14.5 Å². The van der Waals surface area contributed by atoms with E-state index in [0.29, 0.717) is 13.1 Å². The molecule has 3 heterocycles. The summed E-state index contributed by atoms with van der Waals surface area (Å²) in [4.78, 5) is 28.6. The van der Waals surface area contributed by atoms with Crippen LogP contribution in [0.4, 0.5) is 5.82 Å². The number of nitrogens with zero attached hydrogens (tertiary/aromatic N) is 5. The Bertz CT molecular complexity index is 657. The summed E-state index contributed by atoms with van der Waals surface area (Å²) < 4.78 is 5.37. The van der Waals surface area contributed by atoms with Gasteiger partial charge in [-0.1, -0.05) is 6.07 Å². The lowest BCUT2D eigenvalue weighted by Crippen LogP contribution is -2.50. The van der Waals surface area contributed by atoms with E-state index in [9.17, 15) is 4.79 Å². The lowest BCUT2D eigenvalue weighted by Gasteiger charge is -2.35. The molecule has 23 heavy (non-hydrogen) atoms. The summed E-state index contributed by atoms with van der Waals surface area (Å²) in [5.74, 6) is 0.903. The third kappa shape index (κ3) is 3.94. The number of aromatic nitrogens is 3. The molecule has 2 aromatic rings. The average molecular weight is 313 g/mol. The summed E-state index contributed by atoms with van der Waals surface area (Å²) in [5.41, 5.74) is 0.812. The maximum absolute atomic E-state index is 12.2. The van der Waals surface area contributed by atoms with Crippen LogP contribution in [-0.4, -0.2) is 58.5 Å². The van der Waals surface area contributed by atoms with E-state index in [-0.39, 0.29) is 18.5 Å². The van der Waals surface area contributed by atoms with E-state index in [1.807, 2.05) is 25.1 Å². The predicted octanol–water partition coefficient (Wildman–Crippen LogP) is 0.908. The van der Waals surface area contributed by atoms with Crippen LogP contribution in [0.15, 0.2) is 36.7 Å². The van der Waals surface area contributed by atoms with Gasteiger partial charge in [-0.3, -0.25) is 4.79 Å². The standard InChI is InChI=1S/C16H19N5O2/c1-13-5-7-18-16(19-13)23-12-15(22)21-10-8-20(9-11-21)14-4-2-3-6-17-14/h2-7H,8-12H2,1H3. The van der Waals surface area contributed by atoms with Crippen molar-refractivity contribution in [2.24, 2.45) is 0 Å². The Morgan fingerprint density at radius 2 is 1.96 bits per heavy atom. The van der Waals surface area contributed by atoms with Crippen LogP contribution in [0.3, 0.4) is 0 Å². The number of ether oxygens (including phenoxy) is 1. The number of piperazine rings is 1. The zero-order valence-electron chi connectivity index (χ0n) is 13.1. The first kappa shape index (κ1) is 15.2. The molecule has 3 rings (SSSR count). The fourth-order valence-electron chi connectivity index (χ4n) is 2.44. The van der Waals surface area contributed by atoms with Gasteiger partial charge in [-0.05, 0) is 25.1 Å². The highest BCUT2D eigenvalue weighted by Crippen LogP contribution is 2.12. The summed E-state index contributed by atoms with van der Waals surface area (Å²) >= 11 is 0. The Hall–Kier alpha value is -2.70. The van der Waals surface area contributed by atoms with Crippen molar-refractivity contribution in [3.63, 3.8) is 0 Å². The van der Waals surface area contributed by atoms with Gasteiger partial charge in [0, 0.05) is 44.3 Å². The van der Waals surface area contributed by atoms with Crippen LogP contribution in [0.5, 0.6) is 6.01 Å². The molecule has 0 unspecified atom stereocenters. The number of amides is 1. The molecule has 0 spiro atoms. The smallest absolute Gasteiger partial charge is 0.317 e. The predicted molar refractivity (Wildman–Crippen MR) is 85.3 cm³/mol. The first-order valence-electron chi connectivity index (χ1n) is 7.58. The second-order valence-electron chi connectivity index (χ2n) is 5.33. The van der Waals surface area contributed by atoms with Gasteiger partial charge in [-0.25, -0.2) is 15.0 Å². The quantitative estimate of drug-likeness (QED) is 0.835. The minimum absolute atomic E-state index is 0.0347. The molecule has 0 aromatic carbocycles. The molecule has 7 heteroatoms. The van der Waals surface area contributed by atoms with Gasteiger partial charge in [0.05, 0.1) is 0 Å². The van der Waals surface area contributed by atoms with Gasteiger partial charge in [0.1, 0.15) is 5.82 Å². The van der Waals surface area contributed by atoms with Crippen molar-refractivity contribution in [2.75, 3.05) is 37.7 Å². The topological polar surface area (TPSA) is 71.5 Å². The number of carbonyl (C=O) groups is 1. The maximum Gasteiger partial charge on any atom is 0.317 e. The average Bonchev–Trinajstić information content (AvgIpc) is 2.61. The molecule has 2 aromatic heterocycles. The van der Waals surface area contributed by atoms with Gasteiger partial charge >= 0.3 is 6.01 Å². The highest BCUT2D eigenvalue weighted by atomic mass is 16.5. The zero-order chi connectivity index (χ0) is 16.1. The molecule has 0 bridgehead atoms. The molecule has 0 aliphatic carbocycles. The van der Waals surface area contributed by atoms with Crippen LogP contribution < -0.4 is 9.64 Å². The van der Waals surface area contributed by atoms with Crippen LogP contribution in [0.1, 0.15) is 5.69 Å². The highest BCUT2D eigenvalue weighted by Gasteiger charge is 2.22. The van der Waals surface area contributed by atoms with Crippen LogP contribution in [-0.2, 0) is 4.79 Å². The minimum atomic E-state index is -0.0456. The van der Waals surface area contributed by atoms with Crippen molar-refractivity contribution in [3.8, 4) is 6.01 Å². The van der Waals surface area contributed by atoms with E-state index in [0.717, 1.165) is 24.6 Å². The number of pyridine rings is 1. The monoisotopic (exact) mass is 313 g/mol. The van der Waals surface area contributed by atoms with Crippen molar-refractivity contribution in [1.82, 2.24) is 19.9 Å². The molecule has 1 amide bonds. The third-order valence-corrected chi connectivity index (χ3v) is 3.70. The van der Waals surface area contributed by atoms with Crippen LogP contribution in [0.2, 0.25) is 0 Å². The Balaban J connectivity index is 1.48. The van der Waals surface area contributed by atoms with Gasteiger partial charge in [0.15, 0.2) is 6.61 Å². The molecule has 1 saturated heterocycles. The Morgan fingerprint density at radius 1 is 1.13 bits per heavy atom. The molecular formula is C16H19N5O2. The molecule has 0 atom stereocenters. The number of hydrogen-bond donors (Lipinski definition) is 0. The second kappa shape index (κ2) is 7.04. The van der Waals surface area contributed by atoms with Gasteiger partial charge in [0.2, 0.25) is 0 Å². The Labute approximate surface area is 134 Å². The van der Waals surface area contributed by atoms with Gasteiger partial charge in [-0.2, -0.15) is 0 Å². The van der Waals surface area contributed by atoms with Crippen LogP contribution in [0, 0.1) is 6.92 Å². The van der Waals surface area contributed by atoms with Crippen LogP contribution in [0.25, 0.3) is 0 Å². The van der Waals surface area contributed by atoms with E-state index in [1.165, 1.54) is 0 Å². The number of rotatable bonds is 4. The summed E-state index contributed by atoms with van der Waals surface area (Å²) in [5, 5.41) is 0. The van der Waals surface area contributed by atoms with E-state index >= 15 is 0 Å². The number of carbonyl (C=O) groups excluding carboxylic acids is 1. The van der Waals surface area contributed by atoms with Crippen molar-refractivity contribution in [1.29, 1.82) is 0 Å².